The van der Waals surface area contributed by atoms with Gasteiger partial charge in [0.2, 0.25) is 0 Å². The van der Waals surface area contributed by atoms with Crippen LogP contribution in [0.3, 0.4) is 0 Å². The van der Waals surface area contributed by atoms with E-state index in [2.05, 4.69) is 14.9 Å². The molecule has 140 valence electrons. The monoisotopic (exact) mass is 372 g/mol. The van der Waals surface area contributed by atoms with E-state index in [-0.39, 0.29) is 11.7 Å². The molecule has 0 spiro atoms. The molecule has 0 N–H and O–H groups in total. The molecule has 0 saturated carbocycles. The van der Waals surface area contributed by atoms with Crippen molar-refractivity contribution in [2.75, 3.05) is 31.1 Å². The second kappa shape index (κ2) is 8.00. The van der Waals surface area contributed by atoms with Gasteiger partial charge in [-0.05, 0) is 6.07 Å². The Balaban J connectivity index is 1.51. The summed E-state index contributed by atoms with van der Waals surface area (Å²) in [4.78, 5) is 38.3. The molecule has 0 atom stereocenters. The van der Waals surface area contributed by atoms with Crippen LogP contribution in [0.2, 0.25) is 0 Å². The molecule has 4 rings (SSSR count). The topological polar surface area (TPSA) is 66.4 Å². The summed E-state index contributed by atoms with van der Waals surface area (Å²) in [5.74, 6) is 0.565. The highest BCUT2D eigenvalue weighted by Crippen LogP contribution is 2.19. The van der Waals surface area contributed by atoms with Crippen molar-refractivity contribution in [3.8, 4) is 0 Å². The molecule has 28 heavy (non-hydrogen) atoms. The summed E-state index contributed by atoms with van der Waals surface area (Å²) in [5.41, 5.74) is 1.47. The molecular weight excluding hydrogens is 352 g/mol. The van der Waals surface area contributed by atoms with E-state index >= 15 is 0 Å². The van der Waals surface area contributed by atoms with Crippen LogP contribution in [0.5, 0.6) is 0 Å². The minimum Gasteiger partial charge on any atom is -0.352 e. The first kappa shape index (κ1) is 17.9. The summed E-state index contributed by atoms with van der Waals surface area (Å²) in [6.45, 7) is 2.50. The summed E-state index contributed by atoms with van der Waals surface area (Å²) in [6.07, 6.45) is 5.04. The van der Waals surface area contributed by atoms with Gasteiger partial charge in [-0.15, -0.1) is 0 Å². The zero-order valence-electron chi connectivity index (χ0n) is 15.4. The van der Waals surface area contributed by atoms with Crippen LogP contribution >= 0.6 is 0 Å². The Morgan fingerprint density at radius 3 is 2.14 bits per heavy atom. The smallest absolute Gasteiger partial charge is 0.254 e. The normalized spacial score (nSPS) is 14.0. The second-order valence-corrected chi connectivity index (χ2v) is 6.58. The molecule has 1 amide bonds. The lowest BCUT2D eigenvalue weighted by atomic mass is 9.97. The molecule has 1 aliphatic rings. The van der Waals surface area contributed by atoms with Gasteiger partial charge in [-0.2, -0.15) is 0 Å². The largest absolute Gasteiger partial charge is 0.352 e. The number of carbonyl (C=O) groups is 2. The first-order chi connectivity index (χ1) is 13.7. The molecule has 1 fully saturated rings. The van der Waals surface area contributed by atoms with Crippen molar-refractivity contribution in [1.29, 1.82) is 0 Å². The lowest BCUT2D eigenvalue weighted by Crippen LogP contribution is -2.49. The van der Waals surface area contributed by atoms with Crippen molar-refractivity contribution >= 4 is 17.5 Å². The van der Waals surface area contributed by atoms with Crippen LogP contribution in [0, 0.1) is 0 Å². The number of anilines is 1. The molecule has 2 aromatic carbocycles. The maximum Gasteiger partial charge on any atom is 0.254 e. The van der Waals surface area contributed by atoms with Crippen molar-refractivity contribution < 1.29 is 9.59 Å². The molecule has 0 unspecified atom stereocenters. The molecule has 0 radical (unpaired) electrons. The van der Waals surface area contributed by atoms with Crippen LogP contribution in [0.25, 0.3) is 0 Å². The standard InChI is InChI=1S/C22H20N4O2/c27-21(17-6-2-1-3-7-17)18-8-4-5-9-19(18)22(28)26-14-12-25(13-15-26)20-16-23-10-11-24-20/h1-11,16H,12-15H2. The van der Waals surface area contributed by atoms with Crippen LogP contribution < -0.4 is 4.90 Å². The lowest BCUT2D eigenvalue weighted by molar-refractivity contribution is 0.0742. The summed E-state index contributed by atoms with van der Waals surface area (Å²) in [6, 6.07) is 16.1. The fraction of sp³-hybridized carbons (Fsp3) is 0.182. The average Bonchev–Trinajstić information content (AvgIpc) is 2.79. The van der Waals surface area contributed by atoms with Gasteiger partial charge in [0.15, 0.2) is 5.78 Å². The average molecular weight is 372 g/mol. The number of hydrogen-bond acceptors (Lipinski definition) is 5. The van der Waals surface area contributed by atoms with Gasteiger partial charge in [-0.3, -0.25) is 14.6 Å². The van der Waals surface area contributed by atoms with E-state index in [0.29, 0.717) is 42.9 Å². The lowest BCUT2D eigenvalue weighted by Gasteiger charge is -2.35. The van der Waals surface area contributed by atoms with Crippen LogP contribution in [0.4, 0.5) is 5.82 Å². The Morgan fingerprint density at radius 2 is 1.46 bits per heavy atom. The third kappa shape index (κ3) is 3.62. The van der Waals surface area contributed by atoms with Crippen LogP contribution in [-0.4, -0.2) is 52.7 Å². The first-order valence-electron chi connectivity index (χ1n) is 9.23. The highest BCUT2D eigenvalue weighted by atomic mass is 16.2. The van der Waals surface area contributed by atoms with Crippen LogP contribution in [0.15, 0.2) is 73.2 Å². The first-order valence-corrected chi connectivity index (χ1v) is 9.23. The van der Waals surface area contributed by atoms with Crippen molar-refractivity contribution in [3.63, 3.8) is 0 Å². The van der Waals surface area contributed by atoms with Gasteiger partial charge in [0.25, 0.3) is 5.91 Å². The maximum absolute atomic E-state index is 13.1. The molecule has 1 aliphatic heterocycles. The molecule has 1 saturated heterocycles. The molecule has 1 aromatic heterocycles. The van der Waals surface area contributed by atoms with E-state index in [9.17, 15) is 9.59 Å². The van der Waals surface area contributed by atoms with Crippen molar-refractivity contribution in [3.05, 3.63) is 89.9 Å². The van der Waals surface area contributed by atoms with Gasteiger partial charge in [0.1, 0.15) is 5.82 Å². The van der Waals surface area contributed by atoms with E-state index in [1.54, 1.807) is 59.9 Å². The highest BCUT2D eigenvalue weighted by molar-refractivity contribution is 6.15. The third-order valence-corrected chi connectivity index (χ3v) is 4.88. The Labute approximate surface area is 163 Å². The number of benzene rings is 2. The molecule has 2 heterocycles. The number of rotatable bonds is 4. The van der Waals surface area contributed by atoms with Gasteiger partial charge < -0.3 is 9.80 Å². The number of amides is 1. The number of hydrogen-bond donors (Lipinski definition) is 0. The number of ketones is 1. The van der Waals surface area contributed by atoms with E-state index in [1.807, 2.05) is 18.2 Å². The van der Waals surface area contributed by atoms with Gasteiger partial charge in [-0.25, -0.2) is 4.98 Å². The molecule has 0 bridgehead atoms. The Bertz CT molecular complexity index is 968. The van der Waals surface area contributed by atoms with Gasteiger partial charge >= 0.3 is 0 Å². The van der Waals surface area contributed by atoms with E-state index < -0.39 is 0 Å². The second-order valence-electron chi connectivity index (χ2n) is 6.58. The fourth-order valence-corrected chi connectivity index (χ4v) is 3.38. The maximum atomic E-state index is 13.1. The number of carbonyl (C=O) groups excluding carboxylic acids is 2. The van der Waals surface area contributed by atoms with Crippen molar-refractivity contribution in [2.24, 2.45) is 0 Å². The zero-order chi connectivity index (χ0) is 19.3. The summed E-state index contributed by atoms with van der Waals surface area (Å²) < 4.78 is 0. The van der Waals surface area contributed by atoms with Gasteiger partial charge in [0, 0.05) is 49.7 Å². The zero-order valence-corrected chi connectivity index (χ0v) is 15.4. The van der Waals surface area contributed by atoms with E-state index in [1.165, 1.54) is 0 Å². The Morgan fingerprint density at radius 1 is 0.786 bits per heavy atom. The number of piperazine rings is 1. The van der Waals surface area contributed by atoms with Gasteiger partial charge in [-0.1, -0.05) is 48.5 Å². The van der Waals surface area contributed by atoms with Crippen LogP contribution in [-0.2, 0) is 0 Å². The predicted molar refractivity (Wildman–Crippen MR) is 106 cm³/mol. The number of aromatic nitrogens is 2. The Hall–Kier alpha value is -3.54. The van der Waals surface area contributed by atoms with Crippen molar-refractivity contribution in [1.82, 2.24) is 14.9 Å². The third-order valence-electron chi connectivity index (χ3n) is 4.88. The number of nitrogens with zero attached hydrogens (tertiary/aromatic N) is 4. The quantitative estimate of drug-likeness (QED) is 0.659. The molecule has 0 aliphatic carbocycles. The molecular formula is C22H20N4O2. The highest BCUT2D eigenvalue weighted by Gasteiger charge is 2.26. The van der Waals surface area contributed by atoms with E-state index in [4.69, 9.17) is 0 Å². The Kier molecular flexibility index (Phi) is 5.10. The molecule has 6 nitrogen and oxygen atoms in total. The summed E-state index contributed by atoms with van der Waals surface area (Å²) in [7, 11) is 0. The van der Waals surface area contributed by atoms with E-state index in [0.717, 1.165) is 5.82 Å². The van der Waals surface area contributed by atoms with Crippen molar-refractivity contribution in [2.45, 2.75) is 0 Å². The summed E-state index contributed by atoms with van der Waals surface area (Å²) in [5, 5.41) is 0. The van der Waals surface area contributed by atoms with Crippen LogP contribution in [0.1, 0.15) is 26.3 Å². The predicted octanol–water partition coefficient (Wildman–Crippen LogP) is 2.67. The molecule has 6 heteroatoms. The van der Waals surface area contributed by atoms with Gasteiger partial charge in [0.05, 0.1) is 11.8 Å². The minimum absolute atomic E-state index is 0.112. The summed E-state index contributed by atoms with van der Waals surface area (Å²) >= 11 is 0. The SMILES string of the molecule is O=C(c1ccccc1)c1ccccc1C(=O)N1CCN(c2cnccn2)CC1. The minimum atomic E-state index is -0.136. The molecule has 3 aromatic rings. The fourth-order valence-electron chi connectivity index (χ4n) is 3.38.